The van der Waals surface area contributed by atoms with Crippen LogP contribution in [0.1, 0.15) is 5.69 Å². The molecule has 2 aromatic rings. The predicted molar refractivity (Wildman–Crippen MR) is 56.8 cm³/mol. The molecule has 0 spiro atoms. The average Bonchev–Trinajstić information content (AvgIpc) is 2.68. The lowest BCUT2D eigenvalue weighted by molar-refractivity contribution is 0.457. The van der Waals surface area contributed by atoms with Crippen molar-refractivity contribution in [3.8, 4) is 11.6 Å². The number of rotatable bonds is 4. The average molecular weight is 201 g/mol. The molecule has 0 amide bonds. The van der Waals surface area contributed by atoms with E-state index in [-0.39, 0.29) is 0 Å². The molecule has 2 rings (SSSR count). The minimum Gasteiger partial charge on any atom is -0.438 e. The van der Waals surface area contributed by atoms with E-state index in [1.807, 2.05) is 30.3 Å². The fourth-order valence-corrected chi connectivity index (χ4v) is 1.20. The Bertz CT molecular complexity index is 436. The van der Waals surface area contributed by atoms with Gasteiger partial charge in [-0.25, -0.2) is 5.10 Å². The quantitative estimate of drug-likeness (QED) is 0.772. The Hall–Kier alpha value is -2.10. The largest absolute Gasteiger partial charge is 0.438 e. The summed E-state index contributed by atoms with van der Waals surface area (Å²) in [7, 11) is 0. The van der Waals surface area contributed by atoms with Gasteiger partial charge < -0.3 is 4.74 Å². The molecule has 1 aromatic carbocycles. The fourth-order valence-electron chi connectivity index (χ4n) is 1.20. The number of H-pyrrole nitrogens is 1. The van der Waals surface area contributed by atoms with E-state index in [1.54, 1.807) is 6.08 Å². The molecule has 0 aliphatic heterocycles. The highest BCUT2D eigenvalue weighted by molar-refractivity contribution is 5.28. The summed E-state index contributed by atoms with van der Waals surface area (Å²) in [6.45, 7) is 3.65. The minimum absolute atomic E-state index is 0.570. The number of nitrogens with zero attached hydrogens (tertiary/aromatic N) is 2. The lowest BCUT2D eigenvalue weighted by atomic mass is 10.3. The van der Waals surface area contributed by atoms with Crippen LogP contribution in [0.15, 0.2) is 43.0 Å². The van der Waals surface area contributed by atoms with Gasteiger partial charge in [0, 0.05) is 6.42 Å². The normalized spacial score (nSPS) is 9.87. The Morgan fingerprint density at radius 2 is 2.13 bits per heavy atom. The van der Waals surface area contributed by atoms with Crippen molar-refractivity contribution in [1.29, 1.82) is 0 Å². The first-order valence-corrected chi connectivity index (χ1v) is 4.64. The van der Waals surface area contributed by atoms with Crippen molar-refractivity contribution in [2.24, 2.45) is 0 Å². The topological polar surface area (TPSA) is 50.8 Å². The Balaban J connectivity index is 2.17. The van der Waals surface area contributed by atoms with Crippen LogP contribution in [0.4, 0.5) is 0 Å². The van der Waals surface area contributed by atoms with Crippen LogP contribution in [0.5, 0.6) is 11.6 Å². The summed E-state index contributed by atoms with van der Waals surface area (Å²) >= 11 is 0. The molecular weight excluding hydrogens is 190 g/mol. The Morgan fingerprint density at radius 3 is 2.87 bits per heavy atom. The van der Waals surface area contributed by atoms with Gasteiger partial charge in [0.25, 0.3) is 0 Å². The highest BCUT2D eigenvalue weighted by Crippen LogP contribution is 2.21. The molecule has 0 aliphatic carbocycles. The Kier molecular flexibility index (Phi) is 2.78. The van der Waals surface area contributed by atoms with Crippen molar-refractivity contribution in [3.63, 3.8) is 0 Å². The number of allylic oxidation sites excluding steroid dienone is 1. The van der Waals surface area contributed by atoms with Crippen molar-refractivity contribution in [2.45, 2.75) is 6.42 Å². The van der Waals surface area contributed by atoms with Crippen LogP contribution in [0.2, 0.25) is 0 Å². The summed E-state index contributed by atoms with van der Waals surface area (Å²) < 4.78 is 5.57. The molecule has 0 atom stereocenters. The van der Waals surface area contributed by atoms with Crippen molar-refractivity contribution >= 4 is 0 Å². The van der Waals surface area contributed by atoms with E-state index in [0.717, 1.165) is 11.4 Å². The third-order valence-corrected chi connectivity index (χ3v) is 1.89. The van der Waals surface area contributed by atoms with Gasteiger partial charge in [0.05, 0.1) is 0 Å². The summed E-state index contributed by atoms with van der Waals surface area (Å²) in [5.41, 5.74) is 0.758. The molecule has 1 N–H and O–H groups in total. The van der Waals surface area contributed by atoms with E-state index in [0.29, 0.717) is 12.3 Å². The van der Waals surface area contributed by atoms with Gasteiger partial charge in [-0.3, -0.25) is 0 Å². The van der Waals surface area contributed by atoms with Gasteiger partial charge in [-0.15, -0.1) is 11.7 Å². The van der Waals surface area contributed by atoms with Gasteiger partial charge in [-0.05, 0) is 12.1 Å². The molecule has 0 unspecified atom stereocenters. The molecule has 0 fully saturated rings. The number of para-hydroxylation sites is 1. The monoisotopic (exact) mass is 201 g/mol. The molecule has 0 saturated heterocycles. The second kappa shape index (κ2) is 4.41. The van der Waals surface area contributed by atoms with Gasteiger partial charge in [0.1, 0.15) is 11.4 Å². The van der Waals surface area contributed by atoms with Gasteiger partial charge in [0.2, 0.25) is 5.88 Å². The summed E-state index contributed by atoms with van der Waals surface area (Å²) in [5, 5.41) is 10.3. The smallest absolute Gasteiger partial charge is 0.239 e. The maximum atomic E-state index is 5.57. The van der Waals surface area contributed by atoms with Crippen molar-refractivity contribution < 1.29 is 4.74 Å². The van der Waals surface area contributed by atoms with Crippen LogP contribution in [0.25, 0.3) is 0 Å². The third-order valence-electron chi connectivity index (χ3n) is 1.89. The van der Waals surface area contributed by atoms with Crippen LogP contribution in [-0.4, -0.2) is 15.4 Å². The Labute approximate surface area is 87.6 Å². The number of ether oxygens (including phenoxy) is 1. The van der Waals surface area contributed by atoms with Crippen molar-refractivity contribution in [2.75, 3.05) is 0 Å². The fraction of sp³-hybridized carbons (Fsp3) is 0.0909. The van der Waals surface area contributed by atoms with E-state index in [9.17, 15) is 0 Å². The second-order valence-corrected chi connectivity index (χ2v) is 3.00. The maximum Gasteiger partial charge on any atom is 0.239 e. The summed E-state index contributed by atoms with van der Waals surface area (Å²) in [5.74, 6) is 1.33. The summed E-state index contributed by atoms with van der Waals surface area (Å²) in [6, 6.07) is 9.50. The molecule has 4 heteroatoms. The predicted octanol–water partition coefficient (Wildman–Crippen LogP) is 2.33. The van der Waals surface area contributed by atoms with Crippen LogP contribution in [-0.2, 0) is 6.42 Å². The van der Waals surface area contributed by atoms with Crippen molar-refractivity contribution in [1.82, 2.24) is 15.4 Å². The second-order valence-electron chi connectivity index (χ2n) is 3.00. The van der Waals surface area contributed by atoms with Crippen LogP contribution >= 0.6 is 0 Å². The number of nitrogens with one attached hydrogen (secondary N) is 1. The molecule has 0 radical (unpaired) electrons. The highest BCUT2D eigenvalue weighted by Gasteiger charge is 2.07. The molecule has 0 aliphatic rings. The van der Waals surface area contributed by atoms with Gasteiger partial charge in [-0.1, -0.05) is 29.5 Å². The number of aromatic nitrogens is 3. The molecule has 4 nitrogen and oxygen atoms in total. The molecule has 15 heavy (non-hydrogen) atoms. The lowest BCUT2D eigenvalue weighted by Crippen LogP contribution is -1.89. The van der Waals surface area contributed by atoms with E-state index >= 15 is 0 Å². The molecule has 0 saturated carbocycles. The van der Waals surface area contributed by atoms with Gasteiger partial charge in [-0.2, -0.15) is 0 Å². The first-order valence-electron chi connectivity index (χ1n) is 4.64. The molecule has 76 valence electrons. The van der Waals surface area contributed by atoms with Gasteiger partial charge in [0.15, 0.2) is 0 Å². The van der Waals surface area contributed by atoms with Gasteiger partial charge >= 0.3 is 0 Å². The summed E-state index contributed by atoms with van der Waals surface area (Å²) in [4.78, 5) is 0. The molecule has 1 heterocycles. The molecule has 0 bridgehead atoms. The number of aromatic amines is 1. The zero-order valence-corrected chi connectivity index (χ0v) is 8.18. The van der Waals surface area contributed by atoms with Crippen LogP contribution < -0.4 is 4.74 Å². The summed E-state index contributed by atoms with van der Waals surface area (Å²) in [6.07, 6.45) is 2.40. The molecule has 1 aromatic heterocycles. The van der Waals surface area contributed by atoms with E-state index in [2.05, 4.69) is 22.0 Å². The molecular formula is C11H11N3O. The standard InChI is InChI=1S/C11H11N3O/c1-2-6-10-11(13-14-12-10)15-9-7-4-3-5-8-9/h2-5,7-8H,1,6H2,(H,12,13,14). The zero-order chi connectivity index (χ0) is 10.5. The van der Waals surface area contributed by atoms with Crippen LogP contribution in [0, 0.1) is 0 Å². The van der Waals surface area contributed by atoms with Crippen molar-refractivity contribution in [3.05, 3.63) is 48.7 Å². The van der Waals surface area contributed by atoms with E-state index in [1.165, 1.54) is 0 Å². The minimum atomic E-state index is 0.570. The SMILES string of the molecule is C=CCc1nn[nH]c1Oc1ccccc1. The first kappa shape index (κ1) is 9.45. The Morgan fingerprint density at radius 1 is 1.33 bits per heavy atom. The van der Waals surface area contributed by atoms with E-state index < -0.39 is 0 Å². The highest BCUT2D eigenvalue weighted by atomic mass is 16.5. The number of hydrogen-bond donors (Lipinski definition) is 1. The van der Waals surface area contributed by atoms with E-state index in [4.69, 9.17) is 4.74 Å². The van der Waals surface area contributed by atoms with Crippen LogP contribution in [0.3, 0.4) is 0 Å². The maximum absolute atomic E-state index is 5.57. The lowest BCUT2D eigenvalue weighted by Gasteiger charge is -2.02. The third kappa shape index (κ3) is 2.22. The number of hydrogen-bond acceptors (Lipinski definition) is 3. The number of benzene rings is 1. The first-order chi connectivity index (χ1) is 7.40. The zero-order valence-electron chi connectivity index (χ0n) is 8.18.